The first kappa shape index (κ1) is 14.4. The molecule has 0 aliphatic rings. The van der Waals surface area contributed by atoms with Gasteiger partial charge in [-0.05, 0) is 12.1 Å². The van der Waals surface area contributed by atoms with Gasteiger partial charge < -0.3 is 15.2 Å². The van der Waals surface area contributed by atoms with E-state index in [1.165, 1.54) is 7.11 Å². The minimum absolute atomic E-state index is 0.0116. The highest BCUT2D eigenvalue weighted by atomic mass is 79.9. The van der Waals surface area contributed by atoms with Crippen molar-refractivity contribution >= 4 is 27.8 Å². The van der Waals surface area contributed by atoms with Crippen molar-refractivity contribution < 1.29 is 23.8 Å². The van der Waals surface area contributed by atoms with E-state index in [0.29, 0.717) is 0 Å². The average molecular weight is 320 g/mol. The van der Waals surface area contributed by atoms with Crippen molar-refractivity contribution in [1.29, 1.82) is 0 Å². The van der Waals surface area contributed by atoms with Gasteiger partial charge in [0.25, 0.3) is 5.91 Å². The predicted molar refractivity (Wildman–Crippen MR) is 65.1 cm³/mol. The van der Waals surface area contributed by atoms with Gasteiger partial charge in [0, 0.05) is 12.6 Å². The summed E-state index contributed by atoms with van der Waals surface area (Å²) in [4.78, 5) is 22.0. The average Bonchev–Trinajstić information content (AvgIpc) is 2.34. The monoisotopic (exact) mass is 319 g/mol. The van der Waals surface area contributed by atoms with E-state index < -0.39 is 28.3 Å². The first-order valence-electron chi connectivity index (χ1n) is 4.94. The molecule has 5 nitrogen and oxygen atoms in total. The van der Waals surface area contributed by atoms with Crippen molar-refractivity contribution in [2.24, 2.45) is 0 Å². The van der Waals surface area contributed by atoms with E-state index in [1.54, 1.807) is 0 Å². The molecule has 7 heteroatoms. The van der Waals surface area contributed by atoms with Crippen LogP contribution >= 0.6 is 15.9 Å². The van der Waals surface area contributed by atoms with Gasteiger partial charge in [0.1, 0.15) is 16.4 Å². The Morgan fingerprint density at radius 1 is 1.56 bits per heavy atom. The van der Waals surface area contributed by atoms with Crippen molar-refractivity contribution in [3.63, 3.8) is 0 Å². The summed E-state index contributed by atoms with van der Waals surface area (Å²) in [5, 5.41) is 11.8. The topological polar surface area (TPSA) is 75.6 Å². The quantitative estimate of drug-likeness (QED) is 0.646. The summed E-state index contributed by atoms with van der Waals surface area (Å²) in [6.07, 6.45) is 0. The van der Waals surface area contributed by atoms with Crippen molar-refractivity contribution in [3.8, 4) is 5.75 Å². The Morgan fingerprint density at radius 2 is 2.22 bits per heavy atom. The molecular formula is C11H11BrFNO4. The van der Waals surface area contributed by atoms with Gasteiger partial charge in [0.2, 0.25) is 0 Å². The Kier molecular flexibility index (Phi) is 5.08. The van der Waals surface area contributed by atoms with Crippen LogP contribution in [0.3, 0.4) is 0 Å². The van der Waals surface area contributed by atoms with Crippen LogP contribution in [0, 0.1) is 5.82 Å². The maximum Gasteiger partial charge on any atom is 0.321 e. The van der Waals surface area contributed by atoms with Crippen molar-refractivity contribution in [1.82, 2.24) is 5.32 Å². The Morgan fingerprint density at radius 3 is 2.78 bits per heavy atom. The molecule has 98 valence electrons. The Hall–Kier alpha value is -1.63. The van der Waals surface area contributed by atoms with Crippen LogP contribution in [0.25, 0.3) is 0 Å². The minimum Gasteiger partial charge on any atom is -0.507 e. The van der Waals surface area contributed by atoms with E-state index in [0.717, 1.165) is 18.2 Å². The maximum atomic E-state index is 12.7. The van der Waals surface area contributed by atoms with E-state index in [4.69, 9.17) is 0 Å². The van der Waals surface area contributed by atoms with Gasteiger partial charge in [0.05, 0.1) is 12.7 Å². The number of halogens is 2. The fourth-order valence-electron chi connectivity index (χ4n) is 1.19. The first-order valence-corrected chi connectivity index (χ1v) is 5.86. The van der Waals surface area contributed by atoms with Gasteiger partial charge in [-0.2, -0.15) is 0 Å². The lowest BCUT2D eigenvalue weighted by Gasteiger charge is -2.10. The fraction of sp³-hybridized carbons (Fsp3) is 0.273. The molecule has 1 atom stereocenters. The highest BCUT2D eigenvalue weighted by Crippen LogP contribution is 2.17. The van der Waals surface area contributed by atoms with Crippen molar-refractivity contribution in [3.05, 3.63) is 29.6 Å². The molecular weight excluding hydrogens is 309 g/mol. The molecule has 18 heavy (non-hydrogen) atoms. The molecule has 0 spiro atoms. The number of alkyl halides is 1. The smallest absolute Gasteiger partial charge is 0.321 e. The number of rotatable bonds is 4. The van der Waals surface area contributed by atoms with Crippen LogP contribution in [0.15, 0.2) is 18.2 Å². The number of methoxy groups -OCH3 is 1. The number of ether oxygens (including phenoxy) is 1. The molecule has 0 aromatic heterocycles. The fourth-order valence-corrected chi connectivity index (χ4v) is 1.53. The molecule has 0 heterocycles. The summed E-state index contributed by atoms with van der Waals surface area (Å²) in [6, 6.07) is 3.04. The molecule has 1 rings (SSSR count). The highest BCUT2D eigenvalue weighted by molar-refractivity contribution is 9.10. The molecule has 1 aromatic carbocycles. The summed E-state index contributed by atoms with van der Waals surface area (Å²) in [5.74, 6) is -2.24. The molecule has 1 amide bonds. The highest BCUT2D eigenvalue weighted by Gasteiger charge is 2.18. The van der Waals surface area contributed by atoms with Gasteiger partial charge in [-0.1, -0.05) is 15.9 Å². The molecule has 2 N–H and O–H groups in total. The number of carbonyl (C=O) groups excluding carboxylic acids is 2. The first-order chi connectivity index (χ1) is 8.45. The lowest BCUT2D eigenvalue weighted by Crippen LogP contribution is -2.33. The zero-order valence-electron chi connectivity index (χ0n) is 9.44. The Labute approximate surface area is 111 Å². The third-order valence-corrected chi connectivity index (χ3v) is 2.80. The van der Waals surface area contributed by atoms with Gasteiger partial charge in [-0.3, -0.25) is 9.59 Å². The van der Waals surface area contributed by atoms with Crippen LogP contribution < -0.4 is 5.32 Å². The molecule has 1 aromatic rings. The largest absolute Gasteiger partial charge is 0.507 e. The number of esters is 1. The SMILES string of the molecule is COC(=O)C(Br)CNC(=O)c1ccc(F)cc1O. The zero-order chi connectivity index (χ0) is 13.7. The van der Waals surface area contributed by atoms with Gasteiger partial charge in [-0.15, -0.1) is 0 Å². The number of benzene rings is 1. The molecule has 0 radical (unpaired) electrons. The van der Waals surface area contributed by atoms with E-state index in [-0.39, 0.29) is 12.1 Å². The number of phenolic OH excluding ortho intramolecular Hbond substituents is 1. The van der Waals surface area contributed by atoms with Crippen LogP contribution in [0.5, 0.6) is 5.75 Å². The van der Waals surface area contributed by atoms with Gasteiger partial charge >= 0.3 is 5.97 Å². The second kappa shape index (κ2) is 6.34. The number of nitrogens with one attached hydrogen (secondary N) is 1. The molecule has 1 unspecified atom stereocenters. The standard InChI is InChI=1S/C11H11BrFNO4/c1-18-11(17)8(12)5-14-10(16)7-3-2-6(13)4-9(7)15/h2-4,8,15H,5H2,1H3,(H,14,16). The van der Waals surface area contributed by atoms with E-state index >= 15 is 0 Å². The number of carbonyl (C=O) groups is 2. The summed E-state index contributed by atoms with van der Waals surface area (Å²) >= 11 is 3.02. The van der Waals surface area contributed by atoms with E-state index in [1.807, 2.05) is 0 Å². The number of hydrogen-bond donors (Lipinski definition) is 2. The Bertz CT molecular complexity index is 466. The van der Waals surface area contributed by atoms with Crippen LogP contribution in [-0.2, 0) is 9.53 Å². The molecule has 0 fully saturated rings. The number of phenols is 1. The number of hydrogen-bond acceptors (Lipinski definition) is 4. The summed E-state index contributed by atoms with van der Waals surface area (Å²) in [7, 11) is 1.23. The van der Waals surface area contributed by atoms with E-state index in [9.17, 15) is 19.1 Å². The number of aromatic hydroxyl groups is 1. The van der Waals surface area contributed by atoms with Crippen molar-refractivity contribution in [2.45, 2.75) is 4.83 Å². The minimum atomic E-state index is -0.686. The maximum absolute atomic E-state index is 12.7. The second-order valence-corrected chi connectivity index (χ2v) is 4.47. The summed E-state index contributed by atoms with van der Waals surface area (Å²) < 4.78 is 17.2. The second-order valence-electron chi connectivity index (χ2n) is 3.36. The molecule has 0 aliphatic heterocycles. The van der Waals surface area contributed by atoms with Crippen LogP contribution in [0.4, 0.5) is 4.39 Å². The number of amides is 1. The molecule has 0 saturated carbocycles. The Balaban J connectivity index is 2.63. The van der Waals surface area contributed by atoms with Crippen LogP contribution in [-0.4, -0.2) is 35.5 Å². The summed E-state index contributed by atoms with van der Waals surface area (Å²) in [6.45, 7) is -0.0116. The zero-order valence-corrected chi connectivity index (χ0v) is 11.0. The molecule has 0 saturated heterocycles. The van der Waals surface area contributed by atoms with Crippen molar-refractivity contribution in [2.75, 3.05) is 13.7 Å². The van der Waals surface area contributed by atoms with E-state index in [2.05, 4.69) is 26.0 Å². The summed E-state index contributed by atoms with van der Waals surface area (Å²) in [5.41, 5.74) is -0.0686. The van der Waals surface area contributed by atoms with Gasteiger partial charge in [-0.25, -0.2) is 4.39 Å². The van der Waals surface area contributed by atoms with Crippen LogP contribution in [0.2, 0.25) is 0 Å². The predicted octanol–water partition coefficient (Wildman–Crippen LogP) is 1.20. The van der Waals surface area contributed by atoms with Crippen LogP contribution in [0.1, 0.15) is 10.4 Å². The third kappa shape index (κ3) is 3.69. The molecule has 0 bridgehead atoms. The lowest BCUT2D eigenvalue weighted by atomic mass is 10.2. The third-order valence-electron chi connectivity index (χ3n) is 2.10. The van der Waals surface area contributed by atoms with Gasteiger partial charge in [0.15, 0.2) is 0 Å². The normalized spacial score (nSPS) is 11.7. The molecule has 0 aliphatic carbocycles. The lowest BCUT2D eigenvalue weighted by molar-refractivity contribution is -0.139.